The molecule has 1 fully saturated rings. The SMILES string of the molecule is COc1ccc([C@H](c2c(NC(=O)c3cccs3)sc(C)c2C)N2CCOCC2)c(OC)c1. The standard InChI is InChI=1S/C24H28N2O4S2/c1-15-16(2)32-24(25-23(27)20-6-5-13-31-20)21(15)22(26-9-11-30-12-10-26)18-8-7-17(28-3)14-19(18)29-4/h5-8,13-14,22H,9-12H2,1-4H3,(H,25,27)/t22-/m1/s1. The van der Waals surface area contributed by atoms with Crippen LogP contribution in [0, 0.1) is 13.8 Å². The lowest BCUT2D eigenvalue weighted by molar-refractivity contribution is 0.0236. The van der Waals surface area contributed by atoms with Crippen LogP contribution in [0.25, 0.3) is 0 Å². The summed E-state index contributed by atoms with van der Waals surface area (Å²) in [5, 5.41) is 5.99. The number of hydrogen-bond donors (Lipinski definition) is 1. The van der Waals surface area contributed by atoms with Gasteiger partial charge in [0.05, 0.1) is 38.4 Å². The van der Waals surface area contributed by atoms with Gasteiger partial charge in [-0.1, -0.05) is 6.07 Å². The summed E-state index contributed by atoms with van der Waals surface area (Å²) in [6.45, 7) is 7.18. The first-order valence-electron chi connectivity index (χ1n) is 10.5. The van der Waals surface area contributed by atoms with E-state index in [-0.39, 0.29) is 11.9 Å². The number of morpholine rings is 1. The number of hydrogen-bond acceptors (Lipinski definition) is 7. The molecule has 2 aromatic heterocycles. The minimum atomic E-state index is -0.0802. The van der Waals surface area contributed by atoms with E-state index in [9.17, 15) is 4.79 Å². The van der Waals surface area contributed by atoms with Gasteiger partial charge >= 0.3 is 0 Å². The van der Waals surface area contributed by atoms with Crippen molar-refractivity contribution >= 4 is 33.6 Å². The molecule has 32 heavy (non-hydrogen) atoms. The molecule has 1 atom stereocenters. The average molecular weight is 473 g/mol. The van der Waals surface area contributed by atoms with Crippen molar-refractivity contribution in [3.63, 3.8) is 0 Å². The first kappa shape index (κ1) is 22.8. The van der Waals surface area contributed by atoms with Gasteiger partial charge in [-0.3, -0.25) is 9.69 Å². The summed E-state index contributed by atoms with van der Waals surface area (Å²) < 4.78 is 16.8. The Hall–Kier alpha value is -2.39. The monoisotopic (exact) mass is 472 g/mol. The van der Waals surface area contributed by atoms with Crippen LogP contribution in [0.2, 0.25) is 0 Å². The lowest BCUT2D eigenvalue weighted by Gasteiger charge is -2.36. The number of carbonyl (C=O) groups is 1. The first-order chi connectivity index (χ1) is 15.5. The Morgan fingerprint density at radius 3 is 2.59 bits per heavy atom. The van der Waals surface area contributed by atoms with Crippen LogP contribution in [0.3, 0.4) is 0 Å². The molecule has 3 aromatic rings. The molecule has 0 unspecified atom stereocenters. The van der Waals surface area contributed by atoms with Crippen molar-refractivity contribution in [2.24, 2.45) is 0 Å². The summed E-state index contributed by atoms with van der Waals surface area (Å²) in [7, 11) is 3.33. The summed E-state index contributed by atoms with van der Waals surface area (Å²) in [5.74, 6) is 1.43. The Kier molecular flexibility index (Phi) is 7.15. The quantitative estimate of drug-likeness (QED) is 0.517. The van der Waals surface area contributed by atoms with E-state index in [2.05, 4.69) is 30.1 Å². The average Bonchev–Trinajstić information content (AvgIpc) is 3.45. The third-order valence-corrected chi connectivity index (χ3v) is 7.83. The minimum Gasteiger partial charge on any atom is -0.497 e. The Morgan fingerprint density at radius 2 is 1.94 bits per heavy atom. The van der Waals surface area contributed by atoms with Gasteiger partial charge < -0.3 is 19.5 Å². The van der Waals surface area contributed by atoms with E-state index in [0.717, 1.165) is 40.7 Å². The zero-order valence-electron chi connectivity index (χ0n) is 18.8. The zero-order valence-corrected chi connectivity index (χ0v) is 20.4. The molecule has 1 aromatic carbocycles. The zero-order chi connectivity index (χ0) is 22.7. The molecule has 6 nitrogen and oxygen atoms in total. The van der Waals surface area contributed by atoms with Crippen LogP contribution in [0.1, 0.15) is 37.3 Å². The second-order valence-corrected chi connectivity index (χ2v) is 9.79. The van der Waals surface area contributed by atoms with Crippen LogP contribution in [0.15, 0.2) is 35.7 Å². The first-order valence-corrected chi connectivity index (χ1v) is 12.2. The van der Waals surface area contributed by atoms with Crippen molar-refractivity contribution in [2.75, 3.05) is 45.8 Å². The van der Waals surface area contributed by atoms with E-state index in [1.165, 1.54) is 21.8 Å². The number of ether oxygens (including phenoxy) is 3. The second-order valence-electron chi connectivity index (χ2n) is 7.62. The largest absolute Gasteiger partial charge is 0.497 e. The van der Waals surface area contributed by atoms with Crippen molar-refractivity contribution in [1.82, 2.24) is 4.90 Å². The van der Waals surface area contributed by atoms with Gasteiger partial charge in [0.2, 0.25) is 0 Å². The fourth-order valence-electron chi connectivity index (χ4n) is 4.05. The maximum absolute atomic E-state index is 12.9. The van der Waals surface area contributed by atoms with Gasteiger partial charge in [0.15, 0.2) is 0 Å². The predicted molar refractivity (Wildman–Crippen MR) is 130 cm³/mol. The normalized spacial score (nSPS) is 15.4. The third-order valence-electron chi connectivity index (χ3n) is 5.82. The number of benzene rings is 1. The molecular weight excluding hydrogens is 444 g/mol. The van der Waals surface area contributed by atoms with Gasteiger partial charge in [0, 0.05) is 35.2 Å². The molecule has 0 bridgehead atoms. The van der Waals surface area contributed by atoms with Gasteiger partial charge in [-0.15, -0.1) is 22.7 Å². The molecule has 1 aliphatic rings. The summed E-state index contributed by atoms with van der Waals surface area (Å²) in [6.07, 6.45) is 0. The second kappa shape index (κ2) is 10.0. The minimum absolute atomic E-state index is 0.0788. The van der Waals surface area contributed by atoms with Crippen LogP contribution in [0.4, 0.5) is 5.00 Å². The van der Waals surface area contributed by atoms with Crippen molar-refractivity contribution in [3.8, 4) is 11.5 Å². The highest BCUT2D eigenvalue weighted by Gasteiger charge is 2.32. The topological polar surface area (TPSA) is 60.0 Å². The lowest BCUT2D eigenvalue weighted by atomic mass is 9.93. The maximum atomic E-state index is 12.9. The summed E-state index contributed by atoms with van der Waals surface area (Å²) in [5.41, 5.74) is 3.34. The summed E-state index contributed by atoms with van der Waals surface area (Å²) >= 11 is 3.07. The lowest BCUT2D eigenvalue weighted by Crippen LogP contribution is -2.40. The number of amides is 1. The van der Waals surface area contributed by atoms with E-state index in [1.807, 2.05) is 29.6 Å². The van der Waals surface area contributed by atoms with Gasteiger partial charge in [0.25, 0.3) is 5.91 Å². The van der Waals surface area contributed by atoms with Gasteiger partial charge in [-0.05, 0) is 43.0 Å². The number of anilines is 1. The molecule has 1 aliphatic heterocycles. The molecule has 0 spiro atoms. The van der Waals surface area contributed by atoms with Crippen LogP contribution >= 0.6 is 22.7 Å². The van der Waals surface area contributed by atoms with Gasteiger partial charge in [-0.2, -0.15) is 0 Å². The summed E-state index contributed by atoms with van der Waals surface area (Å²) in [4.78, 5) is 17.2. The number of aryl methyl sites for hydroxylation is 1. The van der Waals surface area contributed by atoms with Crippen LogP contribution < -0.4 is 14.8 Å². The van der Waals surface area contributed by atoms with E-state index in [1.54, 1.807) is 25.6 Å². The number of methoxy groups -OCH3 is 2. The van der Waals surface area contributed by atoms with Gasteiger partial charge in [-0.25, -0.2) is 0 Å². The Bertz CT molecular complexity index is 1070. The number of nitrogens with one attached hydrogen (secondary N) is 1. The Labute approximate surface area is 196 Å². The molecule has 1 amide bonds. The molecule has 3 heterocycles. The van der Waals surface area contributed by atoms with E-state index >= 15 is 0 Å². The molecular formula is C24H28N2O4S2. The van der Waals surface area contributed by atoms with Crippen molar-refractivity contribution < 1.29 is 19.0 Å². The Morgan fingerprint density at radius 1 is 1.16 bits per heavy atom. The molecule has 8 heteroatoms. The molecule has 0 saturated carbocycles. The number of nitrogens with zero attached hydrogens (tertiary/aromatic N) is 1. The van der Waals surface area contributed by atoms with Crippen molar-refractivity contribution in [1.29, 1.82) is 0 Å². The highest BCUT2D eigenvalue weighted by Crippen LogP contribution is 2.45. The van der Waals surface area contributed by atoms with E-state index < -0.39 is 0 Å². The van der Waals surface area contributed by atoms with Crippen LogP contribution in [-0.4, -0.2) is 51.3 Å². The van der Waals surface area contributed by atoms with E-state index in [0.29, 0.717) is 18.1 Å². The van der Waals surface area contributed by atoms with E-state index in [4.69, 9.17) is 14.2 Å². The van der Waals surface area contributed by atoms with Crippen molar-refractivity contribution in [3.05, 3.63) is 62.2 Å². The third kappa shape index (κ3) is 4.54. The van der Waals surface area contributed by atoms with Gasteiger partial charge in [0.1, 0.15) is 16.5 Å². The number of rotatable bonds is 7. The highest BCUT2D eigenvalue weighted by atomic mass is 32.1. The molecule has 4 rings (SSSR count). The highest BCUT2D eigenvalue weighted by molar-refractivity contribution is 7.17. The van der Waals surface area contributed by atoms with Crippen LogP contribution in [-0.2, 0) is 4.74 Å². The molecule has 0 radical (unpaired) electrons. The Balaban J connectivity index is 1.82. The number of thiophene rings is 2. The van der Waals surface area contributed by atoms with Crippen LogP contribution in [0.5, 0.6) is 11.5 Å². The molecule has 1 N–H and O–H groups in total. The predicted octanol–water partition coefficient (Wildman–Crippen LogP) is 5.12. The molecule has 1 saturated heterocycles. The smallest absolute Gasteiger partial charge is 0.266 e. The summed E-state index contributed by atoms with van der Waals surface area (Å²) in [6, 6.07) is 9.60. The fourth-order valence-corrected chi connectivity index (χ4v) is 5.76. The molecule has 170 valence electrons. The number of carbonyl (C=O) groups excluding carboxylic acids is 1. The molecule has 0 aliphatic carbocycles. The fraction of sp³-hybridized carbons (Fsp3) is 0.375. The maximum Gasteiger partial charge on any atom is 0.266 e. The van der Waals surface area contributed by atoms with Crippen molar-refractivity contribution in [2.45, 2.75) is 19.9 Å².